The number of hydrogen-bond donors (Lipinski definition) is 1. The smallest absolute Gasteiger partial charge is 0.243 e. The zero-order valence-corrected chi connectivity index (χ0v) is 20.0. The van der Waals surface area contributed by atoms with Crippen molar-refractivity contribution >= 4 is 23.4 Å². The van der Waals surface area contributed by atoms with Gasteiger partial charge in [0.05, 0.1) is 6.42 Å². The predicted octanol–water partition coefficient (Wildman–Crippen LogP) is 5.44. The Kier molecular flexibility index (Phi) is 9.08. The highest BCUT2D eigenvalue weighted by molar-refractivity contribution is 6.31. The molecule has 2 atom stereocenters. The van der Waals surface area contributed by atoms with Gasteiger partial charge in [-0.15, -0.1) is 0 Å². The zero-order chi connectivity index (χ0) is 23.6. The Labute approximate surface area is 201 Å². The van der Waals surface area contributed by atoms with Gasteiger partial charge in [0.1, 0.15) is 6.04 Å². The zero-order valence-electron chi connectivity index (χ0n) is 19.2. The van der Waals surface area contributed by atoms with E-state index in [0.29, 0.717) is 11.4 Å². The highest BCUT2D eigenvalue weighted by Crippen LogP contribution is 2.21. The van der Waals surface area contributed by atoms with E-state index in [1.807, 2.05) is 98.8 Å². The van der Waals surface area contributed by atoms with Crippen molar-refractivity contribution in [2.75, 3.05) is 0 Å². The number of nitrogens with one attached hydrogen (secondary N) is 1. The lowest BCUT2D eigenvalue weighted by Crippen LogP contribution is -2.52. The summed E-state index contributed by atoms with van der Waals surface area (Å²) >= 11 is 6.45. The van der Waals surface area contributed by atoms with Crippen LogP contribution in [0.15, 0.2) is 84.9 Å². The van der Waals surface area contributed by atoms with E-state index >= 15 is 0 Å². The maximum atomic E-state index is 13.6. The van der Waals surface area contributed by atoms with Gasteiger partial charge in [0.2, 0.25) is 11.8 Å². The summed E-state index contributed by atoms with van der Waals surface area (Å²) in [6, 6.07) is 26.2. The Bertz CT molecular complexity index is 1040. The van der Waals surface area contributed by atoms with Gasteiger partial charge < -0.3 is 10.2 Å². The van der Waals surface area contributed by atoms with Crippen LogP contribution < -0.4 is 5.32 Å². The minimum atomic E-state index is -0.658. The van der Waals surface area contributed by atoms with Crippen molar-refractivity contribution in [2.24, 2.45) is 0 Å². The number of halogens is 1. The lowest BCUT2D eigenvalue weighted by Gasteiger charge is -2.32. The number of hydrogen-bond acceptors (Lipinski definition) is 2. The molecule has 0 bridgehead atoms. The predicted molar refractivity (Wildman–Crippen MR) is 134 cm³/mol. The van der Waals surface area contributed by atoms with Gasteiger partial charge in [0.25, 0.3) is 0 Å². The molecule has 0 saturated heterocycles. The van der Waals surface area contributed by atoms with E-state index in [0.717, 1.165) is 23.1 Å². The highest BCUT2D eigenvalue weighted by atomic mass is 35.5. The van der Waals surface area contributed by atoms with E-state index in [1.165, 1.54) is 0 Å². The van der Waals surface area contributed by atoms with E-state index in [-0.39, 0.29) is 30.8 Å². The van der Waals surface area contributed by atoms with E-state index < -0.39 is 6.04 Å². The topological polar surface area (TPSA) is 49.4 Å². The van der Waals surface area contributed by atoms with Crippen LogP contribution in [0, 0.1) is 0 Å². The van der Waals surface area contributed by atoms with Gasteiger partial charge in [0, 0.05) is 24.0 Å². The molecule has 172 valence electrons. The van der Waals surface area contributed by atoms with Gasteiger partial charge >= 0.3 is 0 Å². The van der Waals surface area contributed by atoms with Crippen molar-refractivity contribution in [3.63, 3.8) is 0 Å². The molecule has 0 unspecified atom stereocenters. The summed E-state index contributed by atoms with van der Waals surface area (Å²) in [6.45, 7) is 4.26. The number of amides is 2. The number of rotatable bonds is 10. The standard InChI is InChI=1S/C28H31ClN2O2/c1-3-21(2)30-28(33)26(18-22-12-6-4-7-13-22)31(20-24-16-10-11-17-25(24)29)27(32)19-23-14-8-5-9-15-23/h4-17,21,26H,3,18-20H2,1-2H3,(H,30,33)/t21-,26-/m0/s1. The summed E-state index contributed by atoms with van der Waals surface area (Å²) in [5.41, 5.74) is 2.72. The molecule has 4 nitrogen and oxygen atoms in total. The lowest BCUT2D eigenvalue weighted by molar-refractivity contribution is -0.141. The molecule has 0 aliphatic carbocycles. The van der Waals surface area contributed by atoms with Gasteiger partial charge in [-0.05, 0) is 36.1 Å². The maximum Gasteiger partial charge on any atom is 0.243 e. The fraction of sp³-hybridized carbons (Fsp3) is 0.286. The third-order valence-corrected chi connectivity index (χ3v) is 6.14. The second-order valence-corrected chi connectivity index (χ2v) is 8.71. The molecule has 3 aromatic rings. The number of carbonyl (C=O) groups is 2. The van der Waals surface area contributed by atoms with Crippen LogP contribution >= 0.6 is 11.6 Å². The average molecular weight is 463 g/mol. The summed E-state index contributed by atoms with van der Waals surface area (Å²) in [5.74, 6) is -0.261. The second kappa shape index (κ2) is 12.2. The molecule has 0 radical (unpaired) electrons. The Morgan fingerprint density at radius 2 is 1.45 bits per heavy atom. The maximum absolute atomic E-state index is 13.6. The van der Waals surface area contributed by atoms with Crippen LogP contribution in [-0.4, -0.2) is 28.8 Å². The fourth-order valence-corrected chi connectivity index (χ4v) is 3.87. The van der Waals surface area contributed by atoms with E-state index in [4.69, 9.17) is 11.6 Å². The van der Waals surface area contributed by atoms with Crippen molar-refractivity contribution in [3.05, 3.63) is 107 Å². The Hall–Kier alpha value is -3.11. The molecule has 0 aromatic heterocycles. The third kappa shape index (κ3) is 7.19. The number of nitrogens with zero attached hydrogens (tertiary/aromatic N) is 1. The Balaban J connectivity index is 1.97. The minimum Gasteiger partial charge on any atom is -0.352 e. The molecule has 0 fully saturated rings. The van der Waals surface area contributed by atoms with Crippen molar-refractivity contribution in [2.45, 2.75) is 51.7 Å². The van der Waals surface area contributed by atoms with Crippen molar-refractivity contribution < 1.29 is 9.59 Å². The first-order valence-electron chi connectivity index (χ1n) is 11.4. The van der Waals surface area contributed by atoms with E-state index in [9.17, 15) is 9.59 Å². The first-order valence-corrected chi connectivity index (χ1v) is 11.8. The van der Waals surface area contributed by atoms with Gasteiger partial charge in [-0.2, -0.15) is 0 Å². The molecular weight excluding hydrogens is 432 g/mol. The normalized spacial score (nSPS) is 12.6. The molecular formula is C28H31ClN2O2. The fourth-order valence-electron chi connectivity index (χ4n) is 3.68. The lowest BCUT2D eigenvalue weighted by atomic mass is 10.0. The van der Waals surface area contributed by atoms with Gasteiger partial charge in [-0.1, -0.05) is 97.4 Å². The van der Waals surface area contributed by atoms with Crippen LogP contribution in [-0.2, 0) is 29.0 Å². The first kappa shape index (κ1) is 24.5. The molecule has 1 N–H and O–H groups in total. The Morgan fingerprint density at radius 1 is 0.879 bits per heavy atom. The van der Waals surface area contributed by atoms with Crippen LogP contribution in [0.2, 0.25) is 5.02 Å². The summed E-state index contributed by atoms with van der Waals surface area (Å²) in [5, 5.41) is 3.66. The molecule has 3 aromatic carbocycles. The molecule has 0 saturated carbocycles. The van der Waals surface area contributed by atoms with E-state index in [1.54, 1.807) is 4.90 Å². The van der Waals surface area contributed by atoms with Crippen LogP contribution in [0.3, 0.4) is 0 Å². The molecule has 5 heteroatoms. The average Bonchev–Trinajstić information content (AvgIpc) is 2.83. The van der Waals surface area contributed by atoms with Crippen LogP contribution in [0.5, 0.6) is 0 Å². The SMILES string of the molecule is CC[C@H](C)NC(=O)[C@H](Cc1ccccc1)N(Cc1ccccc1Cl)C(=O)Cc1ccccc1. The summed E-state index contributed by atoms with van der Waals surface area (Å²) in [7, 11) is 0. The molecule has 0 heterocycles. The number of benzene rings is 3. The first-order chi connectivity index (χ1) is 16.0. The van der Waals surface area contributed by atoms with Crippen LogP contribution in [0.1, 0.15) is 37.0 Å². The quantitative estimate of drug-likeness (QED) is 0.436. The monoisotopic (exact) mass is 462 g/mol. The minimum absolute atomic E-state index is 0.0159. The molecule has 0 spiro atoms. The second-order valence-electron chi connectivity index (χ2n) is 8.30. The van der Waals surface area contributed by atoms with Crippen molar-refractivity contribution in [1.29, 1.82) is 0 Å². The van der Waals surface area contributed by atoms with Crippen LogP contribution in [0.25, 0.3) is 0 Å². The Morgan fingerprint density at radius 3 is 2.06 bits per heavy atom. The van der Waals surface area contributed by atoms with Gasteiger partial charge in [-0.3, -0.25) is 9.59 Å². The summed E-state index contributed by atoms with van der Waals surface area (Å²) in [6.07, 6.45) is 1.45. The molecule has 0 aliphatic heterocycles. The van der Waals surface area contributed by atoms with Gasteiger partial charge in [-0.25, -0.2) is 0 Å². The molecule has 3 rings (SSSR count). The number of carbonyl (C=O) groups excluding carboxylic acids is 2. The molecule has 2 amide bonds. The molecule has 33 heavy (non-hydrogen) atoms. The molecule has 0 aliphatic rings. The van der Waals surface area contributed by atoms with Crippen LogP contribution in [0.4, 0.5) is 0 Å². The van der Waals surface area contributed by atoms with Crippen molar-refractivity contribution in [3.8, 4) is 0 Å². The van der Waals surface area contributed by atoms with Crippen molar-refractivity contribution in [1.82, 2.24) is 10.2 Å². The largest absolute Gasteiger partial charge is 0.352 e. The highest BCUT2D eigenvalue weighted by Gasteiger charge is 2.31. The van der Waals surface area contributed by atoms with E-state index in [2.05, 4.69) is 5.32 Å². The van der Waals surface area contributed by atoms with Gasteiger partial charge in [0.15, 0.2) is 0 Å². The summed E-state index contributed by atoms with van der Waals surface area (Å²) < 4.78 is 0. The summed E-state index contributed by atoms with van der Waals surface area (Å²) in [4.78, 5) is 28.8. The third-order valence-electron chi connectivity index (χ3n) is 5.77.